The first-order valence-corrected chi connectivity index (χ1v) is 10.2. The number of aromatic hydroxyl groups is 1. The molecule has 1 aliphatic rings. The summed E-state index contributed by atoms with van der Waals surface area (Å²) in [6, 6.07) is 8.76. The Morgan fingerprint density at radius 2 is 2.00 bits per heavy atom. The van der Waals surface area contributed by atoms with Crippen molar-refractivity contribution in [3.05, 3.63) is 59.2 Å². The lowest BCUT2D eigenvalue weighted by molar-refractivity contribution is -0.274. The van der Waals surface area contributed by atoms with Crippen LogP contribution in [0, 0.1) is 0 Å². The van der Waals surface area contributed by atoms with E-state index in [9.17, 15) is 32.7 Å². The van der Waals surface area contributed by atoms with E-state index in [0.717, 1.165) is 18.2 Å². The highest BCUT2D eigenvalue weighted by molar-refractivity contribution is 6.00. The maximum Gasteiger partial charge on any atom is 0.573 e. The molecular formula is C23H23F3N2O6. The van der Waals surface area contributed by atoms with Gasteiger partial charge in [0, 0.05) is 5.56 Å². The van der Waals surface area contributed by atoms with Crippen molar-refractivity contribution in [2.24, 2.45) is 5.73 Å². The minimum atomic E-state index is -5.01. The smallest absolute Gasteiger partial charge is 0.508 e. The second kappa shape index (κ2) is 9.34. The van der Waals surface area contributed by atoms with Gasteiger partial charge in [0.1, 0.15) is 23.6 Å². The van der Waals surface area contributed by atoms with E-state index >= 15 is 0 Å². The minimum Gasteiger partial charge on any atom is -0.508 e. The maximum absolute atomic E-state index is 13.5. The molecule has 3 atom stereocenters. The summed E-state index contributed by atoms with van der Waals surface area (Å²) in [7, 11) is 0. The first-order chi connectivity index (χ1) is 15.8. The number of hydrogen-bond acceptors (Lipinski definition) is 6. The number of ether oxygens (including phenoxy) is 2. The number of alkyl halides is 3. The van der Waals surface area contributed by atoms with Crippen molar-refractivity contribution in [1.29, 1.82) is 0 Å². The molecule has 2 amide bonds. The van der Waals surface area contributed by atoms with Crippen molar-refractivity contribution in [3.63, 3.8) is 0 Å². The average Bonchev–Trinajstić information content (AvgIpc) is 2.97. The number of amides is 2. The van der Waals surface area contributed by atoms with Crippen molar-refractivity contribution in [3.8, 4) is 11.5 Å². The van der Waals surface area contributed by atoms with Crippen LogP contribution in [0.15, 0.2) is 42.5 Å². The summed E-state index contributed by atoms with van der Waals surface area (Å²) in [6.45, 7) is 2.87. The molecule has 0 radical (unpaired) electrons. The molecule has 0 aliphatic carbocycles. The number of ketones is 1. The zero-order chi connectivity index (χ0) is 25.3. The SMILES string of the molecule is CC1OCC(=O)C1(C)NC(=O)C(Cc1cccc(O)c1)c1cc(OC(F)(F)F)ccc1C(N)=O. The van der Waals surface area contributed by atoms with Crippen LogP contribution in [0.4, 0.5) is 13.2 Å². The highest BCUT2D eigenvalue weighted by Gasteiger charge is 2.47. The molecule has 1 fully saturated rings. The average molecular weight is 480 g/mol. The molecule has 4 N–H and O–H groups in total. The molecule has 34 heavy (non-hydrogen) atoms. The summed E-state index contributed by atoms with van der Waals surface area (Å²) < 4.78 is 47.7. The molecule has 0 saturated carbocycles. The number of rotatable bonds is 7. The Hall–Kier alpha value is -3.60. The van der Waals surface area contributed by atoms with Gasteiger partial charge in [0.05, 0.1) is 12.0 Å². The van der Waals surface area contributed by atoms with Crippen LogP contribution >= 0.6 is 0 Å². The maximum atomic E-state index is 13.5. The Labute approximate surface area is 192 Å². The Bertz CT molecular complexity index is 1120. The summed E-state index contributed by atoms with van der Waals surface area (Å²) in [5, 5.41) is 12.4. The molecule has 8 nitrogen and oxygen atoms in total. The number of carbonyl (C=O) groups is 3. The summed E-state index contributed by atoms with van der Waals surface area (Å²) in [5.74, 6) is -4.11. The molecule has 1 aliphatic heterocycles. The molecule has 1 saturated heterocycles. The fourth-order valence-corrected chi connectivity index (χ4v) is 3.77. The lowest BCUT2D eigenvalue weighted by Gasteiger charge is -2.30. The predicted molar refractivity (Wildman–Crippen MR) is 113 cm³/mol. The molecule has 0 aromatic heterocycles. The first-order valence-electron chi connectivity index (χ1n) is 10.2. The van der Waals surface area contributed by atoms with Gasteiger partial charge in [0.25, 0.3) is 0 Å². The third-order valence-corrected chi connectivity index (χ3v) is 5.80. The van der Waals surface area contributed by atoms with Crippen molar-refractivity contribution in [1.82, 2.24) is 5.32 Å². The second-order valence-corrected chi connectivity index (χ2v) is 8.16. The molecule has 0 spiro atoms. The number of primary amides is 1. The highest BCUT2D eigenvalue weighted by atomic mass is 19.4. The van der Waals surface area contributed by atoms with Gasteiger partial charge in [-0.2, -0.15) is 0 Å². The lowest BCUT2D eigenvalue weighted by atomic mass is 9.85. The molecule has 11 heteroatoms. The van der Waals surface area contributed by atoms with Crippen LogP contribution < -0.4 is 15.8 Å². The molecule has 1 heterocycles. The monoisotopic (exact) mass is 480 g/mol. The van der Waals surface area contributed by atoms with E-state index in [2.05, 4.69) is 10.1 Å². The van der Waals surface area contributed by atoms with Crippen molar-refractivity contribution in [2.45, 2.75) is 44.2 Å². The second-order valence-electron chi connectivity index (χ2n) is 8.16. The quantitative estimate of drug-likeness (QED) is 0.559. The van der Waals surface area contributed by atoms with E-state index in [1.165, 1.54) is 25.1 Å². The van der Waals surface area contributed by atoms with Gasteiger partial charge < -0.3 is 25.6 Å². The molecular weight excluding hydrogens is 457 g/mol. The summed E-state index contributed by atoms with van der Waals surface area (Å²) in [6.07, 6.45) is -5.80. The minimum absolute atomic E-state index is 0.0964. The molecule has 3 rings (SSSR count). The van der Waals surface area contributed by atoms with Crippen LogP contribution in [0.5, 0.6) is 11.5 Å². The van der Waals surface area contributed by atoms with E-state index in [4.69, 9.17) is 10.5 Å². The van der Waals surface area contributed by atoms with Crippen molar-refractivity contribution in [2.75, 3.05) is 6.61 Å². The highest BCUT2D eigenvalue weighted by Crippen LogP contribution is 2.33. The third kappa shape index (κ3) is 5.48. The van der Waals surface area contributed by atoms with E-state index in [0.29, 0.717) is 5.56 Å². The number of nitrogens with one attached hydrogen (secondary N) is 1. The Morgan fingerprint density at radius 1 is 1.29 bits per heavy atom. The predicted octanol–water partition coefficient (Wildman–Crippen LogP) is 2.58. The topological polar surface area (TPSA) is 128 Å². The Balaban J connectivity index is 2.09. The van der Waals surface area contributed by atoms with E-state index < -0.39 is 41.5 Å². The number of phenolic OH excluding ortho intramolecular Hbond substituents is 1. The van der Waals surface area contributed by atoms with Crippen LogP contribution in [0.1, 0.15) is 41.3 Å². The normalized spacial score (nSPS) is 21.2. The van der Waals surface area contributed by atoms with Gasteiger partial charge >= 0.3 is 6.36 Å². The number of halogens is 3. The van der Waals surface area contributed by atoms with E-state index in [1.54, 1.807) is 13.0 Å². The molecule has 3 unspecified atom stereocenters. The zero-order valence-electron chi connectivity index (χ0n) is 18.3. The standard InChI is InChI=1S/C23H23F3N2O6/c1-12-22(2,19(30)11-33-12)28-21(32)18(9-13-4-3-5-14(29)8-13)17-10-15(34-23(24,25)26)6-7-16(17)20(27)31/h3-8,10,12,18,29H,9,11H2,1-2H3,(H2,27,31)(H,28,32). The fraction of sp³-hybridized carbons (Fsp3) is 0.348. The lowest BCUT2D eigenvalue weighted by Crippen LogP contribution is -2.56. The summed E-state index contributed by atoms with van der Waals surface area (Å²) >= 11 is 0. The number of phenols is 1. The van der Waals surface area contributed by atoms with Crippen LogP contribution in [0.25, 0.3) is 0 Å². The van der Waals surface area contributed by atoms with Gasteiger partial charge in [0.2, 0.25) is 11.8 Å². The molecule has 2 aromatic rings. The number of benzene rings is 2. The van der Waals surface area contributed by atoms with Crippen molar-refractivity contribution >= 4 is 17.6 Å². The molecule has 0 bridgehead atoms. The van der Waals surface area contributed by atoms with Crippen LogP contribution in [-0.4, -0.2) is 47.3 Å². The van der Waals surface area contributed by atoms with Gasteiger partial charge in [-0.15, -0.1) is 13.2 Å². The van der Waals surface area contributed by atoms with Gasteiger partial charge in [-0.25, -0.2) is 0 Å². The Morgan fingerprint density at radius 3 is 2.56 bits per heavy atom. The number of carbonyl (C=O) groups excluding carboxylic acids is 3. The van der Waals surface area contributed by atoms with Gasteiger partial charge in [-0.1, -0.05) is 12.1 Å². The van der Waals surface area contributed by atoms with Crippen LogP contribution in [-0.2, 0) is 20.7 Å². The third-order valence-electron chi connectivity index (χ3n) is 5.80. The van der Waals surface area contributed by atoms with E-state index in [-0.39, 0.29) is 35.7 Å². The summed E-state index contributed by atoms with van der Waals surface area (Å²) in [4.78, 5) is 37.9. The number of hydrogen-bond donors (Lipinski definition) is 3. The zero-order valence-corrected chi connectivity index (χ0v) is 18.3. The van der Waals surface area contributed by atoms with Gasteiger partial charge in [0.15, 0.2) is 5.78 Å². The van der Waals surface area contributed by atoms with Crippen molar-refractivity contribution < 1.29 is 42.1 Å². The van der Waals surface area contributed by atoms with Crippen LogP contribution in [0.3, 0.4) is 0 Å². The van der Waals surface area contributed by atoms with Gasteiger partial charge in [-0.05, 0) is 61.7 Å². The van der Waals surface area contributed by atoms with E-state index in [1.807, 2.05) is 0 Å². The van der Waals surface area contributed by atoms with Gasteiger partial charge in [-0.3, -0.25) is 14.4 Å². The summed E-state index contributed by atoms with van der Waals surface area (Å²) in [5.41, 5.74) is 4.17. The molecule has 182 valence electrons. The Kier molecular flexibility index (Phi) is 6.87. The fourth-order valence-electron chi connectivity index (χ4n) is 3.77. The van der Waals surface area contributed by atoms with Crippen LogP contribution in [0.2, 0.25) is 0 Å². The number of nitrogens with two attached hydrogens (primary N) is 1. The number of Topliss-reactive ketones (excluding diaryl/α,β-unsaturated/α-hetero) is 1. The molecule has 2 aromatic carbocycles. The largest absolute Gasteiger partial charge is 0.573 e. The first kappa shape index (κ1) is 25.0.